The second-order valence-corrected chi connectivity index (χ2v) is 6.55. The predicted molar refractivity (Wildman–Crippen MR) is 84.3 cm³/mol. The van der Waals surface area contributed by atoms with Crippen LogP contribution < -0.4 is 5.32 Å². The zero-order valence-electron chi connectivity index (χ0n) is 11.2. The fourth-order valence-corrected chi connectivity index (χ4v) is 3.53. The number of phenols is 1. The van der Waals surface area contributed by atoms with Crippen molar-refractivity contribution in [3.8, 4) is 5.75 Å². The molecule has 1 saturated carbocycles. The van der Waals surface area contributed by atoms with Crippen molar-refractivity contribution in [2.75, 3.05) is 12.4 Å². The number of halogens is 2. The predicted octanol–water partition coefficient (Wildman–Crippen LogP) is 3.93. The van der Waals surface area contributed by atoms with Gasteiger partial charge in [0, 0.05) is 16.9 Å². The lowest BCUT2D eigenvalue weighted by molar-refractivity contribution is 0.0934. The molecule has 1 aromatic carbocycles. The quantitative estimate of drug-likeness (QED) is 0.799. The van der Waals surface area contributed by atoms with Crippen LogP contribution >= 0.6 is 27.5 Å². The van der Waals surface area contributed by atoms with Gasteiger partial charge in [-0.15, -0.1) is 11.6 Å². The number of amides is 1. The first-order chi connectivity index (χ1) is 9.61. The number of phenolic OH excluding ortho intramolecular Hbond substituents is 1. The van der Waals surface area contributed by atoms with E-state index in [0.717, 1.165) is 17.3 Å². The minimum absolute atomic E-state index is 0.00300. The van der Waals surface area contributed by atoms with Crippen LogP contribution in [-0.2, 0) is 0 Å². The molecule has 2 rings (SSSR count). The number of carbonyl (C=O) groups excluding carboxylic acids is 1. The molecule has 0 aliphatic heterocycles. The zero-order chi connectivity index (χ0) is 14.5. The van der Waals surface area contributed by atoms with Crippen molar-refractivity contribution in [2.45, 2.75) is 25.7 Å². The van der Waals surface area contributed by atoms with Gasteiger partial charge in [-0.25, -0.2) is 0 Å². The van der Waals surface area contributed by atoms with Gasteiger partial charge >= 0.3 is 0 Å². The Hall–Kier alpha value is -0.740. The van der Waals surface area contributed by atoms with E-state index in [1.54, 1.807) is 12.1 Å². The molecule has 0 aromatic heterocycles. The standard InChI is InChI=1S/C15H19BrClNO2/c16-12-5-6-14(19)13(7-12)15(20)18-9-11-4-2-1-3-10(11)8-17/h5-7,10-11,19H,1-4,8-9H2,(H,18,20). The van der Waals surface area contributed by atoms with Gasteiger partial charge in [0.1, 0.15) is 5.75 Å². The molecule has 110 valence electrons. The van der Waals surface area contributed by atoms with Gasteiger partial charge in [-0.3, -0.25) is 4.79 Å². The monoisotopic (exact) mass is 359 g/mol. The van der Waals surface area contributed by atoms with Crippen molar-refractivity contribution in [3.63, 3.8) is 0 Å². The van der Waals surface area contributed by atoms with E-state index in [2.05, 4.69) is 21.2 Å². The number of hydrogen-bond donors (Lipinski definition) is 2. The number of aromatic hydroxyl groups is 1. The van der Waals surface area contributed by atoms with Gasteiger partial charge in [-0.05, 0) is 42.9 Å². The second kappa shape index (κ2) is 7.32. The van der Waals surface area contributed by atoms with E-state index in [0.29, 0.717) is 29.8 Å². The maximum Gasteiger partial charge on any atom is 0.255 e. The van der Waals surface area contributed by atoms with Gasteiger partial charge in [0.15, 0.2) is 0 Å². The Balaban J connectivity index is 1.96. The highest BCUT2D eigenvalue weighted by molar-refractivity contribution is 9.10. The molecule has 0 heterocycles. The van der Waals surface area contributed by atoms with Crippen molar-refractivity contribution in [2.24, 2.45) is 11.8 Å². The molecule has 2 atom stereocenters. The summed E-state index contributed by atoms with van der Waals surface area (Å²) in [6, 6.07) is 4.85. The highest BCUT2D eigenvalue weighted by Crippen LogP contribution is 2.30. The number of nitrogens with one attached hydrogen (secondary N) is 1. The molecule has 20 heavy (non-hydrogen) atoms. The maximum absolute atomic E-state index is 12.1. The Morgan fingerprint density at radius 1 is 1.35 bits per heavy atom. The van der Waals surface area contributed by atoms with Gasteiger partial charge < -0.3 is 10.4 Å². The van der Waals surface area contributed by atoms with E-state index < -0.39 is 0 Å². The first-order valence-electron chi connectivity index (χ1n) is 6.94. The summed E-state index contributed by atoms with van der Waals surface area (Å²) in [6.07, 6.45) is 4.69. The van der Waals surface area contributed by atoms with Crippen molar-refractivity contribution in [3.05, 3.63) is 28.2 Å². The number of carbonyl (C=O) groups is 1. The Morgan fingerprint density at radius 2 is 2.05 bits per heavy atom. The third kappa shape index (κ3) is 3.89. The molecule has 0 radical (unpaired) electrons. The Bertz CT molecular complexity index is 481. The minimum Gasteiger partial charge on any atom is -0.507 e. The van der Waals surface area contributed by atoms with Crippen molar-refractivity contribution in [1.82, 2.24) is 5.32 Å². The Kier molecular flexibility index (Phi) is 5.73. The molecular weight excluding hydrogens is 342 g/mol. The maximum atomic E-state index is 12.1. The molecular formula is C15H19BrClNO2. The van der Waals surface area contributed by atoms with Crippen LogP contribution in [0.4, 0.5) is 0 Å². The van der Waals surface area contributed by atoms with E-state index in [-0.39, 0.29) is 11.7 Å². The summed E-state index contributed by atoms with van der Waals surface area (Å²) < 4.78 is 0.775. The van der Waals surface area contributed by atoms with Crippen LogP contribution in [0.15, 0.2) is 22.7 Å². The van der Waals surface area contributed by atoms with Gasteiger partial charge in [-0.2, -0.15) is 0 Å². The van der Waals surface area contributed by atoms with Crippen LogP contribution in [0, 0.1) is 11.8 Å². The molecule has 5 heteroatoms. The van der Waals surface area contributed by atoms with Crippen LogP contribution in [0.2, 0.25) is 0 Å². The third-order valence-corrected chi connectivity index (χ3v) is 4.88. The minimum atomic E-state index is -0.234. The highest BCUT2D eigenvalue weighted by Gasteiger charge is 2.25. The second-order valence-electron chi connectivity index (χ2n) is 5.33. The largest absolute Gasteiger partial charge is 0.507 e. The van der Waals surface area contributed by atoms with E-state index in [1.807, 2.05) is 0 Å². The average Bonchev–Trinajstić information content (AvgIpc) is 2.47. The smallest absolute Gasteiger partial charge is 0.255 e. The summed E-state index contributed by atoms with van der Waals surface area (Å²) in [5, 5.41) is 12.7. The molecule has 2 N–H and O–H groups in total. The lowest BCUT2D eigenvalue weighted by Crippen LogP contribution is -2.34. The van der Waals surface area contributed by atoms with Crippen molar-refractivity contribution < 1.29 is 9.90 Å². The van der Waals surface area contributed by atoms with E-state index in [1.165, 1.54) is 18.9 Å². The zero-order valence-corrected chi connectivity index (χ0v) is 13.6. The topological polar surface area (TPSA) is 49.3 Å². The van der Waals surface area contributed by atoms with Gasteiger partial charge in [-0.1, -0.05) is 28.8 Å². The van der Waals surface area contributed by atoms with Crippen LogP contribution in [-0.4, -0.2) is 23.4 Å². The molecule has 0 spiro atoms. The molecule has 0 saturated heterocycles. The molecule has 0 bridgehead atoms. The number of hydrogen-bond acceptors (Lipinski definition) is 2. The molecule has 1 fully saturated rings. The number of alkyl halides is 1. The van der Waals surface area contributed by atoms with Crippen LogP contribution in [0.5, 0.6) is 5.75 Å². The van der Waals surface area contributed by atoms with Crippen LogP contribution in [0.25, 0.3) is 0 Å². The van der Waals surface area contributed by atoms with Gasteiger partial charge in [0.25, 0.3) is 5.91 Å². The van der Waals surface area contributed by atoms with Gasteiger partial charge in [0.2, 0.25) is 0 Å². The van der Waals surface area contributed by atoms with E-state index in [9.17, 15) is 9.90 Å². The fraction of sp³-hybridized carbons (Fsp3) is 0.533. The van der Waals surface area contributed by atoms with Crippen molar-refractivity contribution in [1.29, 1.82) is 0 Å². The average molecular weight is 361 g/mol. The Morgan fingerprint density at radius 3 is 2.75 bits per heavy atom. The molecule has 3 nitrogen and oxygen atoms in total. The SMILES string of the molecule is O=C(NCC1CCCCC1CCl)c1cc(Br)ccc1O. The molecule has 1 aromatic rings. The van der Waals surface area contributed by atoms with Crippen LogP contribution in [0.3, 0.4) is 0 Å². The summed E-state index contributed by atoms with van der Waals surface area (Å²) in [5.41, 5.74) is 0.303. The van der Waals surface area contributed by atoms with Gasteiger partial charge in [0.05, 0.1) is 5.56 Å². The Labute approximate surface area is 132 Å². The summed E-state index contributed by atoms with van der Waals surface area (Å²) in [5.74, 6) is 1.36. The summed E-state index contributed by atoms with van der Waals surface area (Å²) in [4.78, 5) is 12.1. The number of rotatable bonds is 4. The molecule has 1 amide bonds. The summed E-state index contributed by atoms with van der Waals surface area (Å²) >= 11 is 9.30. The normalized spacial score (nSPS) is 22.5. The number of benzene rings is 1. The van der Waals surface area contributed by atoms with Crippen LogP contribution in [0.1, 0.15) is 36.0 Å². The highest BCUT2D eigenvalue weighted by atomic mass is 79.9. The molecule has 2 unspecified atom stereocenters. The lowest BCUT2D eigenvalue weighted by Gasteiger charge is -2.30. The first kappa shape index (κ1) is 15.6. The molecule has 1 aliphatic rings. The van der Waals surface area contributed by atoms with E-state index >= 15 is 0 Å². The summed E-state index contributed by atoms with van der Waals surface area (Å²) in [6.45, 7) is 0.627. The fourth-order valence-electron chi connectivity index (χ4n) is 2.77. The van der Waals surface area contributed by atoms with E-state index in [4.69, 9.17) is 11.6 Å². The lowest BCUT2D eigenvalue weighted by atomic mass is 9.80. The third-order valence-electron chi connectivity index (χ3n) is 3.99. The first-order valence-corrected chi connectivity index (χ1v) is 8.27. The van der Waals surface area contributed by atoms with Crippen molar-refractivity contribution >= 4 is 33.4 Å². The molecule has 1 aliphatic carbocycles. The summed E-state index contributed by atoms with van der Waals surface area (Å²) in [7, 11) is 0.